The van der Waals surface area contributed by atoms with Gasteiger partial charge in [0.2, 0.25) is 0 Å². The maximum Gasteiger partial charge on any atom is 0.0980 e. The predicted octanol–water partition coefficient (Wildman–Crippen LogP) is 11.8. The van der Waals surface area contributed by atoms with Crippen LogP contribution < -0.4 is 4.90 Å². The quantitative estimate of drug-likeness (QED) is 0.198. The van der Waals surface area contributed by atoms with Crippen molar-refractivity contribution >= 4 is 38.9 Å². The van der Waals surface area contributed by atoms with Crippen molar-refractivity contribution < 1.29 is 4.42 Å². The van der Waals surface area contributed by atoms with E-state index in [-0.39, 0.29) is 5.41 Å². The van der Waals surface area contributed by atoms with Crippen LogP contribution in [0.15, 0.2) is 163 Å². The number of aromatic nitrogens is 1. The van der Waals surface area contributed by atoms with Gasteiger partial charge in [0, 0.05) is 44.5 Å². The highest BCUT2D eigenvalue weighted by Gasteiger charge is 2.35. The first-order valence-corrected chi connectivity index (χ1v) is 15.8. The molecule has 0 fully saturated rings. The Kier molecular flexibility index (Phi) is 5.85. The van der Waals surface area contributed by atoms with E-state index >= 15 is 0 Å². The lowest BCUT2D eigenvalue weighted by atomic mass is 9.82. The smallest absolute Gasteiger partial charge is 0.0980 e. The van der Waals surface area contributed by atoms with Gasteiger partial charge in [-0.1, -0.05) is 92.7 Å². The molecule has 220 valence electrons. The zero-order chi connectivity index (χ0) is 30.8. The Hall–Kier alpha value is -5.80. The number of furan rings is 1. The topological polar surface area (TPSA) is 21.3 Å². The average molecular weight is 593 g/mol. The summed E-state index contributed by atoms with van der Waals surface area (Å²) in [7, 11) is 0. The lowest BCUT2D eigenvalue weighted by Gasteiger charge is -2.28. The number of hydrogen-bond donors (Lipinski definition) is 0. The molecule has 6 aromatic carbocycles. The minimum absolute atomic E-state index is 0.0979. The lowest BCUT2D eigenvalue weighted by molar-refractivity contribution is 0.568. The van der Waals surface area contributed by atoms with Gasteiger partial charge in [-0.15, -0.1) is 0 Å². The lowest BCUT2D eigenvalue weighted by Crippen LogP contribution is -2.16. The Morgan fingerprint density at radius 1 is 0.522 bits per heavy atom. The van der Waals surface area contributed by atoms with Gasteiger partial charge >= 0.3 is 0 Å². The van der Waals surface area contributed by atoms with E-state index in [0.717, 1.165) is 33.9 Å². The highest BCUT2D eigenvalue weighted by molar-refractivity contribution is 6.10. The molecule has 1 aliphatic rings. The molecular formula is C43H32N2O. The van der Waals surface area contributed by atoms with E-state index in [1.165, 1.54) is 44.1 Å². The second kappa shape index (κ2) is 10.1. The second-order valence-electron chi connectivity index (χ2n) is 12.7. The Morgan fingerprint density at radius 2 is 1.24 bits per heavy atom. The number of benzene rings is 6. The molecule has 0 amide bonds. The van der Waals surface area contributed by atoms with E-state index in [4.69, 9.17) is 4.42 Å². The number of fused-ring (bicyclic) bond motifs is 6. The number of hydrogen-bond acceptors (Lipinski definition) is 2. The Labute approximate surface area is 268 Å². The molecule has 0 spiro atoms. The summed E-state index contributed by atoms with van der Waals surface area (Å²) in [4.78, 5) is 2.40. The van der Waals surface area contributed by atoms with Crippen LogP contribution in [0.4, 0.5) is 17.1 Å². The number of nitrogens with zero attached hydrogens (tertiary/aromatic N) is 2. The number of rotatable bonds is 5. The Bertz CT molecular complexity index is 2400. The van der Waals surface area contributed by atoms with Crippen LogP contribution in [0.1, 0.15) is 25.0 Å². The van der Waals surface area contributed by atoms with Crippen LogP contribution in [0, 0.1) is 0 Å². The minimum atomic E-state index is -0.0979. The molecule has 0 aliphatic heterocycles. The molecule has 2 heterocycles. The number of para-hydroxylation sites is 2. The molecule has 8 aromatic rings. The zero-order valence-corrected chi connectivity index (χ0v) is 25.8. The molecule has 0 unspecified atom stereocenters. The maximum atomic E-state index is 5.45. The fraction of sp³-hybridized carbons (Fsp3) is 0.0698. The van der Waals surface area contributed by atoms with Gasteiger partial charge in [-0.05, 0) is 94.5 Å². The van der Waals surface area contributed by atoms with Crippen molar-refractivity contribution in [1.82, 2.24) is 4.57 Å². The van der Waals surface area contributed by atoms with Gasteiger partial charge in [0.25, 0.3) is 0 Å². The van der Waals surface area contributed by atoms with Crippen molar-refractivity contribution in [1.29, 1.82) is 0 Å². The van der Waals surface area contributed by atoms with Gasteiger partial charge in [0.15, 0.2) is 0 Å². The molecule has 1 aliphatic carbocycles. The van der Waals surface area contributed by atoms with Crippen molar-refractivity contribution in [2.45, 2.75) is 19.3 Å². The van der Waals surface area contributed by atoms with E-state index in [9.17, 15) is 0 Å². The molecule has 0 radical (unpaired) electrons. The summed E-state index contributed by atoms with van der Waals surface area (Å²) in [5.74, 6) is 0. The van der Waals surface area contributed by atoms with Gasteiger partial charge < -0.3 is 13.9 Å². The van der Waals surface area contributed by atoms with E-state index in [0.29, 0.717) is 0 Å². The third kappa shape index (κ3) is 3.98. The summed E-state index contributed by atoms with van der Waals surface area (Å²) in [6, 6.07) is 52.8. The third-order valence-corrected chi connectivity index (χ3v) is 9.71. The minimum Gasteiger partial charge on any atom is -0.472 e. The maximum absolute atomic E-state index is 5.45. The monoisotopic (exact) mass is 592 g/mol. The highest BCUT2D eigenvalue weighted by Crippen LogP contribution is 2.51. The van der Waals surface area contributed by atoms with Gasteiger partial charge in [-0.3, -0.25) is 0 Å². The first kappa shape index (κ1) is 26.6. The van der Waals surface area contributed by atoms with E-state index < -0.39 is 0 Å². The molecular weight excluding hydrogens is 560 g/mol. The van der Waals surface area contributed by atoms with E-state index in [1.54, 1.807) is 6.26 Å². The molecule has 46 heavy (non-hydrogen) atoms. The normalized spacial score (nSPS) is 13.2. The Balaban J connectivity index is 1.28. The van der Waals surface area contributed by atoms with Crippen molar-refractivity contribution in [3.8, 4) is 27.9 Å². The van der Waals surface area contributed by atoms with Crippen LogP contribution in [0.25, 0.3) is 49.7 Å². The molecule has 2 aromatic heterocycles. The van der Waals surface area contributed by atoms with Gasteiger partial charge in [0.05, 0.1) is 23.6 Å². The molecule has 0 saturated heterocycles. The fourth-order valence-electron chi connectivity index (χ4n) is 7.49. The Morgan fingerprint density at radius 3 is 2.11 bits per heavy atom. The number of anilines is 3. The van der Waals surface area contributed by atoms with Crippen LogP contribution >= 0.6 is 0 Å². The summed E-state index contributed by atoms with van der Waals surface area (Å²) in [5, 5.41) is 2.46. The third-order valence-electron chi connectivity index (χ3n) is 9.71. The molecule has 3 nitrogen and oxygen atoms in total. The molecule has 0 bridgehead atoms. The highest BCUT2D eigenvalue weighted by atomic mass is 16.3. The average Bonchev–Trinajstić information content (AvgIpc) is 3.81. The van der Waals surface area contributed by atoms with Crippen LogP contribution in [0.3, 0.4) is 0 Å². The predicted molar refractivity (Wildman–Crippen MR) is 191 cm³/mol. The van der Waals surface area contributed by atoms with Gasteiger partial charge in [-0.2, -0.15) is 0 Å². The van der Waals surface area contributed by atoms with Crippen LogP contribution in [0.5, 0.6) is 0 Å². The fourth-order valence-corrected chi connectivity index (χ4v) is 7.49. The first-order chi connectivity index (χ1) is 22.6. The second-order valence-corrected chi connectivity index (χ2v) is 12.7. The van der Waals surface area contributed by atoms with Crippen LogP contribution in [0.2, 0.25) is 0 Å². The van der Waals surface area contributed by atoms with E-state index in [1.807, 2.05) is 12.3 Å². The standard InChI is InChI=1S/C43H32N2O/c1-43(2)39-17-8-6-15-35(39)36-21-19-34(27-40(36)43)44(32-14-10-11-29(25-32)30-23-24-46-28-30)33-20-22-42-38(26-33)37-16-7-9-18-41(37)45(42)31-12-4-3-5-13-31/h3-28H,1-2H3. The molecule has 0 atom stereocenters. The van der Waals surface area contributed by atoms with Gasteiger partial charge in [-0.25, -0.2) is 0 Å². The van der Waals surface area contributed by atoms with E-state index in [2.05, 4.69) is 163 Å². The summed E-state index contributed by atoms with van der Waals surface area (Å²) in [5.41, 5.74) is 14.4. The van der Waals surface area contributed by atoms with Gasteiger partial charge in [0.1, 0.15) is 0 Å². The SMILES string of the molecule is CC1(C)c2ccccc2-c2ccc(N(c3cccc(-c4ccoc4)c3)c3ccc4c(c3)c3ccccc3n4-c3ccccc3)cc21. The molecule has 0 saturated carbocycles. The van der Waals surface area contributed by atoms with Crippen molar-refractivity contribution in [2.75, 3.05) is 4.90 Å². The largest absolute Gasteiger partial charge is 0.472 e. The van der Waals surface area contributed by atoms with Crippen LogP contribution in [-0.2, 0) is 5.41 Å². The zero-order valence-electron chi connectivity index (χ0n) is 25.8. The summed E-state index contributed by atoms with van der Waals surface area (Å²) in [6.45, 7) is 4.69. The van der Waals surface area contributed by atoms with Crippen molar-refractivity contribution in [3.05, 3.63) is 169 Å². The molecule has 0 N–H and O–H groups in total. The van der Waals surface area contributed by atoms with Crippen LogP contribution in [-0.4, -0.2) is 4.57 Å². The first-order valence-electron chi connectivity index (χ1n) is 15.8. The van der Waals surface area contributed by atoms with Crippen molar-refractivity contribution in [2.24, 2.45) is 0 Å². The molecule has 9 rings (SSSR count). The summed E-state index contributed by atoms with van der Waals surface area (Å²) >= 11 is 0. The van der Waals surface area contributed by atoms with Crippen molar-refractivity contribution in [3.63, 3.8) is 0 Å². The summed E-state index contributed by atoms with van der Waals surface area (Å²) in [6.07, 6.45) is 3.54. The summed E-state index contributed by atoms with van der Waals surface area (Å²) < 4.78 is 7.82. The molecule has 3 heteroatoms.